The van der Waals surface area contributed by atoms with Gasteiger partial charge in [-0.25, -0.2) is 4.39 Å². The van der Waals surface area contributed by atoms with Gasteiger partial charge in [0, 0.05) is 17.2 Å². The minimum atomic E-state index is -1.05. The molecule has 0 saturated heterocycles. The van der Waals surface area contributed by atoms with Gasteiger partial charge in [-0.2, -0.15) is 0 Å². The number of halogens is 1. The molecule has 3 rings (SSSR count). The molecule has 1 aliphatic heterocycles. The van der Waals surface area contributed by atoms with E-state index in [2.05, 4.69) is 0 Å². The monoisotopic (exact) mass is 376 g/mol. The highest BCUT2D eigenvalue weighted by molar-refractivity contribution is 5.95. The summed E-state index contributed by atoms with van der Waals surface area (Å²) in [4.78, 5) is 24.0. The van der Waals surface area contributed by atoms with Gasteiger partial charge < -0.3 is 19.5 Å². The molecule has 0 radical (unpaired) electrons. The van der Waals surface area contributed by atoms with E-state index in [4.69, 9.17) is 9.47 Å². The second-order valence-electron chi connectivity index (χ2n) is 5.99. The van der Waals surface area contributed by atoms with Crippen molar-refractivity contribution in [3.05, 3.63) is 63.0 Å². The number of benzene rings is 2. The maximum absolute atomic E-state index is 14.2. The molecule has 1 amide bonds. The van der Waals surface area contributed by atoms with E-state index >= 15 is 0 Å². The molecule has 2 aromatic carbocycles. The molecule has 1 heterocycles. The molecular weight excluding hydrogens is 359 g/mol. The molecule has 2 aromatic rings. The van der Waals surface area contributed by atoms with Gasteiger partial charge >= 0.3 is 0 Å². The molecule has 0 aliphatic carbocycles. The zero-order valence-electron chi connectivity index (χ0n) is 14.6. The molecule has 0 bridgehead atoms. The minimum Gasteiger partial charge on any atom is -0.496 e. The number of fused-ring (bicyclic) bond motifs is 1. The summed E-state index contributed by atoms with van der Waals surface area (Å²) in [7, 11) is 2.93. The molecule has 8 nitrogen and oxygen atoms in total. The number of nitrogens with zero attached hydrogens (tertiary/aromatic N) is 2. The third-order valence-corrected chi connectivity index (χ3v) is 4.47. The third-order valence-electron chi connectivity index (χ3n) is 4.47. The quantitative estimate of drug-likeness (QED) is 0.650. The molecule has 142 valence electrons. The predicted octanol–water partition coefficient (Wildman–Crippen LogP) is 2.44. The largest absolute Gasteiger partial charge is 0.496 e. The van der Waals surface area contributed by atoms with Gasteiger partial charge in [0.05, 0.1) is 43.9 Å². The van der Waals surface area contributed by atoms with Crippen LogP contribution in [0, 0.1) is 15.9 Å². The van der Waals surface area contributed by atoms with Crippen molar-refractivity contribution in [1.82, 2.24) is 4.90 Å². The molecule has 0 fully saturated rings. The highest BCUT2D eigenvalue weighted by Crippen LogP contribution is 2.39. The van der Waals surface area contributed by atoms with Gasteiger partial charge in [-0.05, 0) is 18.2 Å². The predicted molar refractivity (Wildman–Crippen MR) is 92.3 cm³/mol. The third kappa shape index (κ3) is 3.28. The van der Waals surface area contributed by atoms with Crippen LogP contribution in [0.5, 0.6) is 11.5 Å². The minimum absolute atomic E-state index is 0.0715. The van der Waals surface area contributed by atoms with Crippen molar-refractivity contribution in [2.75, 3.05) is 20.8 Å². The first kappa shape index (κ1) is 18.6. The Balaban J connectivity index is 1.97. The molecule has 27 heavy (non-hydrogen) atoms. The summed E-state index contributed by atoms with van der Waals surface area (Å²) in [6.07, 6.45) is -1.05. The molecule has 0 aromatic heterocycles. The zero-order chi connectivity index (χ0) is 19.7. The van der Waals surface area contributed by atoms with E-state index in [0.29, 0.717) is 28.7 Å². The Morgan fingerprint density at radius 3 is 2.52 bits per heavy atom. The molecule has 0 saturated carbocycles. The molecule has 9 heteroatoms. The molecule has 1 aliphatic rings. The summed E-state index contributed by atoms with van der Waals surface area (Å²) in [6, 6.07) is 6.15. The lowest BCUT2D eigenvalue weighted by atomic mass is 9.94. The number of non-ortho nitro benzene ring substituents is 1. The number of β-amino-alcohol motifs (C(OH)–C–C–N with tert-alkyl or cyclic N) is 1. The fourth-order valence-corrected chi connectivity index (χ4v) is 3.19. The lowest BCUT2D eigenvalue weighted by Crippen LogP contribution is -2.39. The van der Waals surface area contributed by atoms with Crippen LogP contribution < -0.4 is 9.47 Å². The Morgan fingerprint density at radius 1 is 1.26 bits per heavy atom. The van der Waals surface area contributed by atoms with Crippen molar-refractivity contribution < 1.29 is 28.7 Å². The van der Waals surface area contributed by atoms with Crippen LogP contribution in [-0.4, -0.2) is 41.6 Å². The van der Waals surface area contributed by atoms with Crippen LogP contribution in [0.25, 0.3) is 0 Å². The van der Waals surface area contributed by atoms with Crippen molar-refractivity contribution in [2.24, 2.45) is 0 Å². The lowest BCUT2D eigenvalue weighted by molar-refractivity contribution is -0.385. The Hall–Kier alpha value is -3.20. The van der Waals surface area contributed by atoms with Crippen molar-refractivity contribution in [1.29, 1.82) is 0 Å². The van der Waals surface area contributed by atoms with Crippen LogP contribution in [0.2, 0.25) is 0 Å². The Kier molecular flexibility index (Phi) is 4.95. The van der Waals surface area contributed by atoms with E-state index in [-0.39, 0.29) is 18.7 Å². The highest BCUT2D eigenvalue weighted by Gasteiger charge is 2.33. The van der Waals surface area contributed by atoms with Gasteiger partial charge in [-0.1, -0.05) is 0 Å². The Bertz CT molecular complexity index is 917. The normalized spacial score (nSPS) is 15.9. The van der Waals surface area contributed by atoms with E-state index in [0.717, 1.165) is 12.1 Å². The second-order valence-corrected chi connectivity index (χ2v) is 5.99. The van der Waals surface area contributed by atoms with Gasteiger partial charge in [-0.15, -0.1) is 0 Å². The van der Waals surface area contributed by atoms with E-state index < -0.39 is 28.4 Å². The van der Waals surface area contributed by atoms with Crippen LogP contribution in [0.1, 0.15) is 27.6 Å². The Labute approximate surface area is 153 Å². The number of nitro groups is 1. The number of carbonyl (C=O) groups is 1. The van der Waals surface area contributed by atoms with Crippen molar-refractivity contribution in [2.45, 2.75) is 12.6 Å². The summed E-state index contributed by atoms with van der Waals surface area (Å²) >= 11 is 0. The van der Waals surface area contributed by atoms with E-state index in [9.17, 15) is 24.4 Å². The standard InChI is InChI=1S/C18H17FN2O6/c1-26-15-5-6-16(27-2)17-12(15)8-20(9-14(17)22)18(23)11-4-3-10(21(24)25)7-13(11)19/h3-7,14,22H,8-9H2,1-2H3. The van der Waals surface area contributed by atoms with Crippen molar-refractivity contribution in [3.63, 3.8) is 0 Å². The summed E-state index contributed by atoms with van der Waals surface area (Å²) in [5.41, 5.74) is 0.328. The second kappa shape index (κ2) is 7.20. The van der Waals surface area contributed by atoms with E-state index in [1.165, 1.54) is 19.1 Å². The number of methoxy groups -OCH3 is 2. The number of aliphatic hydroxyl groups excluding tert-OH is 1. The highest BCUT2D eigenvalue weighted by atomic mass is 19.1. The topological polar surface area (TPSA) is 102 Å². The number of hydrogen-bond donors (Lipinski definition) is 1. The fourth-order valence-electron chi connectivity index (χ4n) is 3.19. The maximum atomic E-state index is 14.2. The van der Waals surface area contributed by atoms with Crippen molar-refractivity contribution >= 4 is 11.6 Å². The summed E-state index contributed by atoms with van der Waals surface area (Å²) < 4.78 is 24.8. The van der Waals surface area contributed by atoms with Gasteiger partial charge in [0.25, 0.3) is 11.6 Å². The zero-order valence-corrected chi connectivity index (χ0v) is 14.6. The molecule has 0 spiro atoms. The van der Waals surface area contributed by atoms with Crippen LogP contribution in [0.15, 0.2) is 30.3 Å². The first-order valence-electron chi connectivity index (χ1n) is 8.02. The first-order valence-corrected chi connectivity index (χ1v) is 8.02. The smallest absolute Gasteiger partial charge is 0.272 e. The fraction of sp³-hybridized carbons (Fsp3) is 0.278. The van der Waals surface area contributed by atoms with Gasteiger partial charge in [-0.3, -0.25) is 14.9 Å². The molecular formula is C18H17FN2O6. The molecule has 1 atom stereocenters. The number of aliphatic hydroxyl groups is 1. The van der Waals surface area contributed by atoms with Gasteiger partial charge in [0.2, 0.25) is 0 Å². The number of amides is 1. The maximum Gasteiger partial charge on any atom is 0.272 e. The Morgan fingerprint density at radius 2 is 1.93 bits per heavy atom. The SMILES string of the molecule is COc1ccc(OC)c2c1CN(C(=O)c1ccc([N+](=O)[O-])cc1F)CC2O. The van der Waals surface area contributed by atoms with Crippen LogP contribution in [0.3, 0.4) is 0 Å². The lowest BCUT2D eigenvalue weighted by Gasteiger charge is -2.34. The summed E-state index contributed by atoms with van der Waals surface area (Å²) in [6.45, 7) is -0.00613. The average Bonchev–Trinajstić information content (AvgIpc) is 2.66. The number of hydrogen-bond acceptors (Lipinski definition) is 6. The number of ether oxygens (including phenoxy) is 2. The van der Waals surface area contributed by atoms with E-state index in [1.54, 1.807) is 12.1 Å². The molecule has 1 unspecified atom stereocenters. The number of rotatable bonds is 4. The van der Waals surface area contributed by atoms with Crippen LogP contribution >= 0.6 is 0 Å². The average molecular weight is 376 g/mol. The molecule has 1 N–H and O–H groups in total. The van der Waals surface area contributed by atoms with E-state index in [1.807, 2.05) is 0 Å². The van der Waals surface area contributed by atoms with Crippen molar-refractivity contribution in [3.8, 4) is 11.5 Å². The first-order chi connectivity index (χ1) is 12.9. The van der Waals surface area contributed by atoms with Gasteiger partial charge in [0.1, 0.15) is 23.4 Å². The van der Waals surface area contributed by atoms with Gasteiger partial charge in [0.15, 0.2) is 0 Å². The summed E-state index contributed by atoms with van der Waals surface area (Å²) in [5.74, 6) is -0.748. The van der Waals surface area contributed by atoms with Crippen LogP contribution in [0.4, 0.5) is 10.1 Å². The number of nitro benzene ring substituents is 1. The summed E-state index contributed by atoms with van der Waals surface area (Å²) in [5, 5.41) is 21.3. The number of carbonyl (C=O) groups excluding carboxylic acids is 1. The van der Waals surface area contributed by atoms with Crippen LogP contribution in [-0.2, 0) is 6.54 Å².